The molecule has 3 aromatic carbocycles. The molecule has 0 aromatic heterocycles. The molecule has 8 heteroatoms. The number of nitrogens with zero attached hydrogens (tertiary/aromatic N) is 2. The maximum absolute atomic E-state index is 13.4. The van der Waals surface area contributed by atoms with Gasteiger partial charge >= 0.3 is 0 Å². The molecule has 1 N–H and O–H groups in total. The monoisotopic (exact) mass is 566 g/mol. The standard InChI is InChI=1S/C31H32Cl2N2O4/c1-4-34(5-2)15-16-35-28(22-11-14-25(32)26(33)18-22)27(30(37)31(35)38)29(36)24-13-12-23(17-20(24)3)39-19-21-9-7-6-8-10-21/h6-14,17-18,28,36H,4-5,15-16,19H2,1-3H3/t28-/m0/s1. The van der Waals surface area contributed by atoms with E-state index in [2.05, 4.69) is 4.90 Å². The molecule has 1 aliphatic rings. The maximum atomic E-state index is 13.4. The average Bonchev–Trinajstić information content (AvgIpc) is 3.19. The van der Waals surface area contributed by atoms with E-state index in [0.29, 0.717) is 52.2 Å². The number of aryl methyl sites for hydroxylation is 1. The van der Waals surface area contributed by atoms with Crippen LogP contribution in [0.3, 0.4) is 0 Å². The van der Waals surface area contributed by atoms with E-state index in [1.165, 1.54) is 4.90 Å². The van der Waals surface area contributed by atoms with Gasteiger partial charge in [-0.05, 0) is 67.0 Å². The molecule has 1 saturated heterocycles. The van der Waals surface area contributed by atoms with Crippen molar-refractivity contribution in [1.29, 1.82) is 0 Å². The van der Waals surface area contributed by atoms with Crippen molar-refractivity contribution in [3.8, 4) is 5.75 Å². The predicted octanol–water partition coefficient (Wildman–Crippen LogP) is 6.64. The van der Waals surface area contributed by atoms with Gasteiger partial charge in [-0.25, -0.2) is 0 Å². The highest BCUT2D eigenvalue weighted by atomic mass is 35.5. The first-order chi connectivity index (χ1) is 18.7. The molecule has 204 valence electrons. The number of aliphatic hydroxyl groups is 1. The van der Waals surface area contributed by atoms with Crippen LogP contribution in [0.25, 0.3) is 5.76 Å². The minimum absolute atomic E-state index is 0.0268. The van der Waals surface area contributed by atoms with Gasteiger partial charge in [0.15, 0.2) is 0 Å². The third kappa shape index (κ3) is 6.30. The minimum Gasteiger partial charge on any atom is -0.507 e. The van der Waals surface area contributed by atoms with E-state index < -0.39 is 17.7 Å². The van der Waals surface area contributed by atoms with Gasteiger partial charge in [0, 0.05) is 18.7 Å². The molecule has 1 aliphatic heterocycles. The summed E-state index contributed by atoms with van der Waals surface area (Å²) in [6.45, 7) is 8.86. The van der Waals surface area contributed by atoms with Crippen molar-refractivity contribution in [3.05, 3.63) is 105 Å². The number of Topliss-reactive ketones (excluding diaryl/α,β-unsaturated/α-hetero) is 1. The molecular weight excluding hydrogens is 535 g/mol. The van der Waals surface area contributed by atoms with Crippen LogP contribution in [0.2, 0.25) is 10.0 Å². The highest BCUT2D eigenvalue weighted by Gasteiger charge is 2.46. The molecule has 6 nitrogen and oxygen atoms in total. The van der Waals surface area contributed by atoms with Crippen molar-refractivity contribution < 1.29 is 19.4 Å². The Kier molecular flexibility index (Phi) is 9.33. The van der Waals surface area contributed by atoms with Crippen molar-refractivity contribution in [2.45, 2.75) is 33.4 Å². The van der Waals surface area contributed by atoms with E-state index in [9.17, 15) is 14.7 Å². The molecule has 1 amide bonds. The molecule has 3 aromatic rings. The molecule has 0 spiro atoms. The van der Waals surface area contributed by atoms with Gasteiger partial charge in [0.1, 0.15) is 18.1 Å². The third-order valence-corrected chi connectivity index (χ3v) is 7.79. The van der Waals surface area contributed by atoms with Crippen LogP contribution in [0, 0.1) is 6.92 Å². The molecule has 1 heterocycles. The van der Waals surface area contributed by atoms with Crippen LogP contribution in [0.4, 0.5) is 0 Å². The first-order valence-corrected chi connectivity index (χ1v) is 13.7. The zero-order valence-corrected chi connectivity index (χ0v) is 23.8. The number of rotatable bonds is 10. The Morgan fingerprint density at radius 1 is 0.974 bits per heavy atom. The summed E-state index contributed by atoms with van der Waals surface area (Å²) in [5, 5.41) is 12.2. The van der Waals surface area contributed by atoms with E-state index in [1.807, 2.05) is 57.2 Å². The smallest absolute Gasteiger partial charge is 0.295 e. The second kappa shape index (κ2) is 12.7. The molecule has 0 saturated carbocycles. The lowest BCUT2D eigenvalue weighted by Crippen LogP contribution is -2.38. The van der Waals surface area contributed by atoms with Crippen molar-refractivity contribution in [2.24, 2.45) is 0 Å². The minimum atomic E-state index is -0.802. The van der Waals surface area contributed by atoms with Gasteiger partial charge in [-0.3, -0.25) is 9.59 Å². The predicted molar refractivity (Wildman–Crippen MR) is 155 cm³/mol. The van der Waals surface area contributed by atoms with Crippen LogP contribution < -0.4 is 4.74 Å². The fraction of sp³-hybridized carbons (Fsp3) is 0.290. The number of ketones is 1. The summed E-state index contributed by atoms with van der Waals surface area (Å²) in [5.74, 6) is -0.984. The lowest BCUT2D eigenvalue weighted by molar-refractivity contribution is -0.140. The topological polar surface area (TPSA) is 70.1 Å². The maximum Gasteiger partial charge on any atom is 0.295 e. The molecule has 4 rings (SSSR count). The number of ether oxygens (including phenoxy) is 1. The number of carbonyl (C=O) groups is 2. The second-order valence-electron chi connectivity index (χ2n) is 9.44. The van der Waals surface area contributed by atoms with Gasteiger partial charge in [0.2, 0.25) is 0 Å². The van der Waals surface area contributed by atoms with E-state index in [1.54, 1.807) is 30.3 Å². The normalized spacial score (nSPS) is 16.8. The van der Waals surface area contributed by atoms with Crippen LogP contribution in [-0.4, -0.2) is 52.8 Å². The quantitative estimate of drug-likeness (QED) is 0.169. The largest absolute Gasteiger partial charge is 0.507 e. The zero-order chi connectivity index (χ0) is 28.1. The van der Waals surface area contributed by atoms with Crippen LogP contribution in [0.5, 0.6) is 5.75 Å². The van der Waals surface area contributed by atoms with Crippen molar-refractivity contribution in [1.82, 2.24) is 9.80 Å². The number of likely N-dealkylation sites (tertiary alicyclic amines) is 1. The summed E-state index contributed by atoms with van der Waals surface area (Å²) in [7, 11) is 0. The third-order valence-electron chi connectivity index (χ3n) is 7.05. The molecular formula is C31H32Cl2N2O4. The van der Waals surface area contributed by atoms with Gasteiger partial charge < -0.3 is 19.6 Å². The van der Waals surface area contributed by atoms with Gasteiger partial charge in [-0.15, -0.1) is 0 Å². The second-order valence-corrected chi connectivity index (χ2v) is 10.3. The highest BCUT2D eigenvalue weighted by Crippen LogP contribution is 2.41. The molecule has 0 bridgehead atoms. The van der Waals surface area contributed by atoms with Gasteiger partial charge in [0.05, 0.1) is 21.7 Å². The van der Waals surface area contributed by atoms with Crippen molar-refractivity contribution in [3.63, 3.8) is 0 Å². The number of amides is 1. The first kappa shape index (κ1) is 28.7. The van der Waals surface area contributed by atoms with Crippen LogP contribution in [-0.2, 0) is 16.2 Å². The Morgan fingerprint density at radius 3 is 2.33 bits per heavy atom. The summed E-state index contributed by atoms with van der Waals surface area (Å²) in [5.41, 5.74) is 2.83. The summed E-state index contributed by atoms with van der Waals surface area (Å²) in [4.78, 5) is 30.3. The Hall–Kier alpha value is -3.32. The number of halogens is 2. The molecule has 1 atom stereocenters. The number of benzene rings is 3. The summed E-state index contributed by atoms with van der Waals surface area (Å²) >= 11 is 12.5. The van der Waals surface area contributed by atoms with Crippen LogP contribution >= 0.6 is 23.2 Å². The first-order valence-electron chi connectivity index (χ1n) is 13.0. The number of aliphatic hydroxyl groups excluding tert-OH is 1. The molecule has 0 unspecified atom stereocenters. The molecule has 0 aliphatic carbocycles. The lowest BCUT2D eigenvalue weighted by atomic mass is 9.94. The molecule has 1 fully saturated rings. The Morgan fingerprint density at radius 2 is 1.69 bits per heavy atom. The van der Waals surface area contributed by atoms with Crippen LogP contribution in [0.15, 0.2) is 72.3 Å². The van der Waals surface area contributed by atoms with Gasteiger partial charge in [-0.2, -0.15) is 0 Å². The van der Waals surface area contributed by atoms with Gasteiger partial charge in [0.25, 0.3) is 11.7 Å². The Labute approximate surface area is 239 Å². The average molecular weight is 568 g/mol. The van der Waals surface area contributed by atoms with Crippen molar-refractivity contribution >= 4 is 40.7 Å². The zero-order valence-electron chi connectivity index (χ0n) is 22.3. The Bertz CT molecular complexity index is 1390. The highest BCUT2D eigenvalue weighted by molar-refractivity contribution is 6.47. The number of hydrogen-bond donors (Lipinski definition) is 1. The van der Waals surface area contributed by atoms with E-state index >= 15 is 0 Å². The summed E-state index contributed by atoms with van der Waals surface area (Å²) in [6, 6.07) is 19.3. The molecule has 0 radical (unpaired) electrons. The van der Waals surface area contributed by atoms with E-state index in [0.717, 1.165) is 18.7 Å². The number of carbonyl (C=O) groups excluding carboxylic acids is 2. The van der Waals surface area contributed by atoms with Crippen molar-refractivity contribution in [2.75, 3.05) is 26.2 Å². The van der Waals surface area contributed by atoms with Crippen LogP contribution in [0.1, 0.15) is 42.1 Å². The molecule has 39 heavy (non-hydrogen) atoms. The van der Waals surface area contributed by atoms with E-state index in [-0.39, 0.29) is 11.3 Å². The SMILES string of the molecule is CCN(CC)CCN1C(=O)C(=O)C(=C(O)c2ccc(OCc3ccccc3)cc2C)[C@@H]1c1ccc(Cl)c(Cl)c1. The van der Waals surface area contributed by atoms with Gasteiger partial charge in [-0.1, -0.05) is 73.4 Å². The van der Waals surface area contributed by atoms with E-state index in [4.69, 9.17) is 27.9 Å². The summed E-state index contributed by atoms with van der Waals surface area (Å²) in [6.07, 6.45) is 0. The lowest BCUT2D eigenvalue weighted by Gasteiger charge is -2.28. The number of hydrogen-bond acceptors (Lipinski definition) is 5. The Balaban J connectivity index is 1.71. The number of likely N-dealkylation sites (N-methyl/N-ethyl adjacent to an activating group) is 1. The fourth-order valence-corrected chi connectivity index (χ4v) is 5.11. The summed E-state index contributed by atoms with van der Waals surface area (Å²) < 4.78 is 5.92. The fourth-order valence-electron chi connectivity index (χ4n) is 4.81.